The molecular formula is C16H21ClF3N3O2. The average molecular weight is 380 g/mol. The number of carbonyl (C=O) groups excluding carboxylic acids is 2. The molecule has 2 rings (SSSR count). The van der Waals surface area contributed by atoms with Gasteiger partial charge in [0.15, 0.2) is 0 Å². The Labute approximate surface area is 150 Å². The second-order valence-electron chi connectivity index (χ2n) is 5.90. The molecule has 2 amide bonds. The molecule has 1 saturated heterocycles. The van der Waals surface area contributed by atoms with Crippen molar-refractivity contribution in [2.24, 2.45) is 5.92 Å². The number of rotatable bonds is 4. The zero-order chi connectivity index (χ0) is 17.7. The van der Waals surface area contributed by atoms with Crippen LogP contribution in [0.4, 0.5) is 13.2 Å². The Kier molecular flexibility index (Phi) is 7.69. The highest BCUT2D eigenvalue weighted by atomic mass is 35.5. The number of nitrogens with one attached hydrogen (secondary N) is 3. The first-order valence-electron chi connectivity index (χ1n) is 7.73. The molecule has 1 aromatic carbocycles. The van der Waals surface area contributed by atoms with Crippen molar-refractivity contribution >= 4 is 24.2 Å². The van der Waals surface area contributed by atoms with Gasteiger partial charge >= 0.3 is 6.18 Å². The topological polar surface area (TPSA) is 70.2 Å². The van der Waals surface area contributed by atoms with Gasteiger partial charge < -0.3 is 16.0 Å². The number of amides is 2. The van der Waals surface area contributed by atoms with Crippen molar-refractivity contribution < 1.29 is 22.8 Å². The maximum atomic E-state index is 12.5. The summed E-state index contributed by atoms with van der Waals surface area (Å²) in [7, 11) is 0. The van der Waals surface area contributed by atoms with Crippen LogP contribution in [-0.2, 0) is 11.0 Å². The summed E-state index contributed by atoms with van der Waals surface area (Å²) in [5, 5.41) is 8.50. The van der Waals surface area contributed by atoms with E-state index in [9.17, 15) is 22.8 Å². The monoisotopic (exact) mass is 379 g/mol. The Morgan fingerprint density at radius 3 is 2.44 bits per heavy atom. The lowest BCUT2D eigenvalue weighted by Crippen LogP contribution is -2.50. The third kappa shape index (κ3) is 6.21. The molecule has 9 heteroatoms. The van der Waals surface area contributed by atoms with Gasteiger partial charge in [0, 0.05) is 11.6 Å². The number of benzene rings is 1. The van der Waals surface area contributed by atoms with Gasteiger partial charge in [-0.3, -0.25) is 9.59 Å². The molecule has 0 saturated carbocycles. The number of piperidine rings is 1. The number of carbonyl (C=O) groups is 2. The van der Waals surface area contributed by atoms with Crippen LogP contribution >= 0.6 is 12.4 Å². The van der Waals surface area contributed by atoms with Crippen LogP contribution in [0.3, 0.4) is 0 Å². The molecule has 3 N–H and O–H groups in total. The second-order valence-corrected chi connectivity index (χ2v) is 5.90. The first-order valence-corrected chi connectivity index (χ1v) is 7.73. The molecular weight excluding hydrogens is 359 g/mol. The lowest BCUT2D eigenvalue weighted by molar-refractivity contribution is -0.137. The molecule has 1 aromatic rings. The predicted molar refractivity (Wildman–Crippen MR) is 89.6 cm³/mol. The molecule has 1 fully saturated rings. The summed E-state index contributed by atoms with van der Waals surface area (Å²) in [6.07, 6.45) is -3.62. The number of halogens is 4. The number of hydrogen-bond donors (Lipinski definition) is 3. The van der Waals surface area contributed by atoms with Crippen LogP contribution in [-0.4, -0.2) is 37.5 Å². The molecule has 25 heavy (non-hydrogen) atoms. The average Bonchev–Trinajstić information content (AvgIpc) is 2.54. The van der Waals surface area contributed by atoms with Crippen molar-refractivity contribution in [1.82, 2.24) is 16.0 Å². The molecule has 0 bridgehead atoms. The van der Waals surface area contributed by atoms with Crippen LogP contribution in [0.15, 0.2) is 24.3 Å². The largest absolute Gasteiger partial charge is 0.416 e. The minimum absolute atomic E-state index is 0. The summed E-state index contributed by atoms with van der Waals surface area (Å²) >= 11 is 0. The minimum atomic E-state index is -4.44. The standard InChI is InChI=1S/C16H20F3N3O2.ClH/c1-10-8-20-7-6-13(10)22-14(23)9-21-15(24)11-2-4-12(5-3-11)16(17,18)19;/h2-5,10,13,20H,6-9H2,1H3,(H,21,24)(H,22,23);1H. The van der Waals surface area contributed by atoms with Crippen molar-refractivity contribution in [2.75, 3.05) is 19.6 Å². The highest BCUT2D eigenvalue weighted by molar-refractivity contribution is 5.96. The first-order chi connectivity index (χ1) is 11.3. The van der Waals surface area contributed by atoms with Gasteiger partial charge in [-0.1, -0.05) is 6.92 Å². The minimum Gasteiger partial charge on any atom is -0.351 e. The van der Waals surface area contributed by atoms with E-state index in [0.717, 1.165) is 43.8 Å². The third-order valence-electron chi connectivity index (χ3n) is 4.02. The van der Waals surface area contributed by atoms with Gasteiger partial charge in [0.1, 0.15) is 0 Å². The Morgan fingerprint density at radius 2 is 1.88 bits per heavy atom. The van der Waals surface area contributed by atoms with E-state index in [1.54, 1.807) is 0 Å². The maximum Gasteiger partial charge on any atom is 0.416 e. The number of hydrogen-bond acceptors (Lipinski definition) is 3. The fraction of sp³-hybridized carbons (Fsp3) is 0.500. The van der Waals surface area contributed by atoms with Crippen molar-refractivity contribution in [3.8, 4) is 0 Å². The summed E-state index contributed by atoms with van der Waals surface area (Å²) < 4.78 is 37.4. The van der Waals surface area contributed by atoms with Crippen LogP contribution in [0, 0.1) is 5.92 Å². The van der Waals surface area contributed by atoms with Gasteiger partial charge in [-0.25, -0.2) is 0 Å². The highest BCUT2D eigenvalue weighted by Gasteiger charge is 2.30. The van der Waals surface area contributed by atoms with Gasteiger partial charge in [0.2, 0.25) is 5.91 Å². The van der Waals surface area contributed by atoms with Crippen molar-refractivity contribution in [3.63, 3.8) is 0 Å². The molecule has 2 unspecified atom stereocenters. The summed E-state index contributed by atoms with van der Waals surface area (Å²) in [6.45, 7) is 3.46. The number of alkyl halides is 3. The maximum absolute atomic E-state index is 12.5. The first kappa shape index (κ1) is 21.2. The van der Waals surface area contributed by atoms with E-state index in [1.165, 1.54) is 0 Å². The molecule has 0 radical (unpaired) electrons. The molecule has 140 valence electrons. The molecule has 0 spiro atoms. The Hall–Kier alpha value is -1.80. The van der Waals surface area contributed by atoms with E-state index < -0.39 is 17.6 Å². The zero-order valence-corrected chi connectivity index (χ0v) is 14.5. The summed E-state index contributed by atoms with van der Waals surface area (Å²) in [5.74, 6) is -0.598. The summed E-state index contributed by atoms with van der Waals surface area (Å²) in [4.78, 5) is 23.8. The van der Waals surface area contributed by atoms with E-state index in [2.05, 4.69) is 16.0 Å². The SMILES string of the molecule is CC1CNCCC1NC(=O)CNC(=O)c1ccc(C(F)(F)F)cc1.Cl. The van der Waals surface area contributed by atoms with E-state index in [0.29, 0.717) is 5.92 Å². The van der Waals surface area contributed by atoms with Crippen LogP contribution in [0.5, 0.6) is 0 Å². The third-order valence-corrected chi connectivity index (χ3v) is 4.02. The molecule has 2 atom stereocenters. The molecule has 1 heterocycles. The van der Waals surface area contributed by atoms with Crippen molar-refractivity contribution in [3.05, 3.63) is 35.4 Å². The Bertz CT molecular complexity index is 593. The Morgan fingerprint density at radius 1 is 1.24 bits per heavy atom. The smallest absolute Gasteiger partial charge is 0.351 e. The zero-order valence-electron chi connectivity index (χ0n) is 13.7. The quantitative estimate of drug-likeness (QED) is 0.749. The molecule has 1 aliphatic heterocycles. The van der Waals surface area contributed by atoms with Crippen LogP contribution in [0.1, 0.15) is 29.3 Å². The summed E-state index contributed by atoms with van der Waals surface area (Å²) in [6, 6.07) is 3.91. The fourth-order valence-corrected chi connectivity index (χ4v) is 2.56. The van der Waals surface area contributed by atoms with Crippen LogP contribution in [0.2, 0.25) is 0 Å². The van der Waals surface area contributed by atoms with Crippen molar-refractivity contribution in [2.45, 2.75) is 25.6 Å². The van der Waals surface area contributed by atoms with Gasteiger partial charge in [-0.05, 0) is 49.7 Å². The Balaban J connectivity index is 0.00000312. The predicted octanol–water partition coefficient (Wildman–Crippen LogP) is 1.97. The fourth-order valence-electron chi connectivity index (χ4n) is 2.56. The molecule has 5 nitrogen and oxygen atoms in total. The van der Waals surface area contributed by atoms with Crippen LogP contribution < -0.4 is 16.0 Å². The molecule has 0 aromatic heterocycles. The van der Waals surface area contributed by atoms with E-state index in [4.69, 9.17) is 0 Å². The van der Waals surface area contributed by atoms with Gasteiger partial charge in [0.05, 0.1) is 12.1 Å². The highest BCUT2D eigenvalue weighted by Crippen LogP contribution is 2.29. The van der Waals surface area contributed by atoms with Crippen LogP contribution in [0.25, 0.3) is 0 Å². The van der Waals surface area contributed by atoms with Crippen molar-refractivity contribution in [1.29, 1.82) is 0 Å². The summed E-state index contributed by atoms with van der Waals surface area (Å²) in [5.41, 5.74) is -0.747. The normalized spacial score (nSPS) is 20.3. The van der Waals surface area contributed by atoms with Gasteiger partial charge in [-0.15, -0.1) is 12.4 Å². The van der Waals surface area contributed by atoms with Gasteiger partial charge in [0.25, 0.3) is 5.91 Å². The molecule has 0 aliphatic carbocycles. The molecule has 1 aliphatic rings. The van der Waals surface area contributed by atoms with E-state index >= 15 is 0 Å². The van der Waals surface area contributed by atoms with E-state index in [1.807, 2.05) is 6.92 Å². The lowest BCUT2D eigenvalue weighted by Gasteiger charge is -2.30. The van der Waals surface area contributed by atoms with E-state index in [-0.39, 0.29) is 36.5 Å². The second kappa shape index (κ2) is 9.05. The van der Waals surface area contributed by atoms with Gasteiger partial charge in [-0.2, -0.15) is 13.2 Å². The lowest BCUT2D eigenvalue weighted by atomic mass is 9.95.